The van der Waals surface area contributed by atoms with Crippen LogP contribution in [0.4, 0.5) is 4.79 Å². The Kier molecular flexibility index (Phi) is 15.9. The number of benzene rings is 2. The molecule has 2 aromatic rings. The summed E-state index contributed by atoms with van der Waals surface area (Å²) in [6.07, 6.45) is 5.23. The van der Waals surface area contributed by atoms with Gasteiger partial charge in [-0.25, -0.2) is 4.79 Å². The van der Waals surface area contributed by atoms with Gasteiger partial charge in [0.05, 0.1) is 13.0 Å². The minimum Gasteiger partial charge on any atom is -0.508 e. The molecule has 2 atom stereocenters. The van der Waals surface area contributed by atoms with Gasteiger partial charge in [0.15, 0.2) is 0 Å². The topological polar surface area (TPSA) is 134 Å². The molecule has 3 N–H and O–H groups in total. The molecule has 0 spiro atoms. The van der Waals surface area contributed by atoms with Gasteiger partial charge in [0.2, 0.25) is 11.8 Å². The van der Waals surface area contributed by atoms with E-state index in [-0.39, 0.29) is 38.3 Å². The maximum atomic E-state index is 14.5. The monoisotopic (exact) mass is 625 g/mol. The number of carbonyl (C=O) groups excluding carboxylic acids is 4. The highest BCUT2D eigenvalue weighted by Crippen LogP contribution is 2.26. The van der Waals surface area contributed by atoms with Crippen LogP contribution >= 0.6 is 0 Å². The van der Waals surface area contributed by atoms with Crippen molar-refractivity contribution in [3.8, 4) is 5.75 Å². The number of rotatable bonds is 18. The van der Waals surface area contributed by atoms with Gasteiger partial charge in [-0.2, -0.15) is 0 Å². The quantitative estimate of drug-likeness (QED) is 0.140. The number of unbranched alkanes of at least 4 members (excludes halogenated alkanes) is 5. The van der Waals surface area contributed by atoms with E-state index < -0.39 is 41.6 Å². The van der Waals surface area contributed by atoms with Gasteiger partial charge in [-0.05, 0) is 57.4 Å². The molecule has 2 aromatic carbocycles. The molecule has 0 fully saturated rings. The van der Waals surface area contributed by atoms with Crippen LogP contribution in [0.25, 0.3) is 0 Å². The van der Waals surface area contributed by atoms with Crippen molar-refractivity contribution in [2.24, 2.45) is 0 Å². The van der Waals surface area contributed by atoms with Gasteiger partial charge >= 0.3 is 12.1 Å². The molecule has 0 bridgehead atoms. The van der Waals surface area contributed by atoms with Crippen LogP contribution in [0.15, 0.2) is 54.6 Å². The Morgan fingerprint density at radius 2 is 1.53 bits per heavy atom. The second-order valence-electron chi connectivity index (χ2n) is 12.0. The summed E-state index contributed by atoms with van der Waals surface area (Å²) in [7, 11) is 0. The van der Waals surface area contributed by atoms with Gasteiger partial charge < -0.3 is 30.1 Å². The number of alkyl carbamates (subject to hydrolysis) is 1. The number of hydrogen-bond acceptors (Lipinski definition) is 7. The first-order valence-electron chi connectivity index (χ1n) is 16.0. The average molecular weight is 626 g/mol. The maximum Gasteiger partial charge on any atom is 0.408 e. The van der Waals surface area contributed by atoms with E-state index in [1.165, 1.54) is 17.0 Å². The Bertz CT molecular complexity index is 1200. The summed E-state index contributed by atoms with van der Waals surface area (Å²) in [6, 6.07) is 13.3. The van der Waals surface area contributed by atoms with Crippen LogP contribution in [0.5, 0.6) is 5.75 Å². The number of aromatic hydroxyl groups is 1. The number of esters is 1. The van der Waals surface area contributed by atoms with Crippen LogP contribution in [0.3, 0.4) is 0 Å². The number of phenolic OH excluding ortho intramolecular Hbond substituents is 1. The first-order chi connectivity index (χ1) is 21.4. The van der Waals surface area contributed by atoms with Gasteiger partial charge in [-0.1, -0.05) is 81.5 Å². The number of amides is 3. The Balaban J connectivity index is 2.48. The number of nitrogens with one attached hydrogen (secondary N) is 2. The molecule has 2 unspecified atom stereocenters. The molecule has 0 saturated carbocycles. The first kappa shape index (κ1) is 37.1. The fourth-order valence-electron chi connectivity index (χ4n) is 4.88. The second-order valence-corrected chi connectivity index (χ2v) is 12.0. The predicted molar refractivity (Wildman–Crippen MR) is 174 cm³/mol. The fourth-order valence-corrected chi connectivity index (χ4v) is 4.88. The normalized spacial score (nSPS) is 12.5. The average Bonchev–Trinajstić information content (AvgIpc) is 2.98. The third-order valence-electron chi connectivity index (χ3n) is 7.01. The number of hydrogen-bond donors (Lipinski definition) is 3. The lowest BCUT2D eigenvalue weighted by molar-refractivity contribution is -0.144. The molecule has 0 saturated heterocycles. The third-order valence-corrected chi connectivity index (χ3v) is 7.01. The van der Waals surface area contributed by atoms with Crippen molar-refractivity contribution in [2.45, 2.75) is 104 Å². The minimum atomic E-state index is -1.09. The Labute approximate surface area is 267 Å². The minimum absolute atomic E-state index is 0.0163. The Morgan fingerprint density at radius 3 is 2.16 bits per heavy atom. The molecule has 2 rings (SSSR count). The molecule has 0 aliphatic heterocycles. The van der Waals surface area contributed by atoms with Crippen LogP contribution in [-0.2, 0) is 30.3 Å². The maximum absolute atomic E-state index is 14.5. The van der Waals surface area contributed by atoms with Crippen LogP contribution in [0.1, 0.15) is 96.7 Å². The molecule has 10 heteroatoms. The van der Waals surface area contributed by atoms with Crippen molar-refractivity contribution in [3.63, 3.8) is 0 Å². The predicted octanol–water partition coefficient (Wildman–Crippen LogP) is 5.83. The molecule has 0 aliphatic carbocycles. The van der Waals surface area contributed by atoms with Crippen LogP contribution in [-0.4, -0.2) is 65.2 Å². The lowest BCUT2D eigenvalue weighted by Crippen LogP contribution is -2.54. The molecule has 0 heterocycles. The molecule has 0 aliphatic rings. The molecule has 0 aromatic heterocycles. The lowest BCUT2D eigenvalue weighted by atomic mass is 9.99. The van der Waals surface area contributed by atoms with Crippen LogP contribution in [0.2, 0.25) is 0 Å². The van der Waals surface area contributed by atoms with E-state index in [2.05, 4.69) is 17.6 Å². The van der Waals surface area contributed by atoms with E-state index >= 15 is 0 Å². The standard InChI is InChI=1S/C35H51N3O7/c1-6-8-9-10-11-15-24-38(31(27-18-20-28(39)21-19-27)32(41)36-23-22-30(40)44-7-2)33(42)29(25-26-16-13-12-14-17-26)37-34(43)45-35(3,4)5/h12-14,16-21,29,31,39H,6-11,15,22-25H2,1-5H3,(H,36,41)(H,37,43). The zero-order chi connectivity index (χ0) is 33.2. The molecule has 3 amide bonds. The zero-order valence-corrected chi connectivity index (χ0v) is 27.5. The van der Waals surface area contributed by atoms with Crippen molar-refractivity contribution in [3.05, 3.63) is 65.7 Å². The Hall–Kier alpha value is -4.08. The van der Waals surface area contributed by atoms with Gasteiger partial charge in [0.25, 0.3) is 0 Å². The molecule has 45 heavy (non-hydrogen) atoms. The van der Waals surface area contributed by atoms with Crippen LogP contribution in [0, 0.1) is 0 Å². The van der Waals surface area contributed by atoms with E-state index in [9.17, 15) is 24.3 Å². The van der Waals surface area contributed by atoms with Crippen LogP contribution < -0.4 is 10.6 Å². The molecule has 0 radical (unpaired) electrons. The SMILES string of the molecule is CCCCCCCCN(C(=O)C(Cc1ccccc1)NC(=O)OC(C)(C)C)C(C(=O)NCCC(=O)OCC)c1ccc(O)cc1. The lowest BCUT2D eigenvalue weighted by Gasteiger charge is -2.34. The van der Waals surface area contributed by atoms with Crippen molar-refractivity contribution < 1.29 is 33.8 Å². The Morgan fingerprint density at radius 1 is 0.889 bits per heavy atom. The molecular formula is C35H51N3O7. The van der Waals surface area contributed by atoms with Gasteiger partial charge in [0, 0.05) is 19.5 Å². The van der Waals surface area contributed by atoms with Gasteiger partial charge in [-0.3, -0.25) is 14.4 Å². The van der Waals surface area contributed by atoms with E-state index in [4.69, 9.17) is 9.47 Å². The fraction of sp³-hybridized carbons (Fsp3) is 0.543. The highest BCUT2D eigenvalue weighted by Gasteiger charge is 2.36. The van der Waals surface area contributed by atoms with Crippen molar-refractivity contribution in [1.29, 1.82) is 0 Å². The molecule has 248 valence electrons. The summed E-state index contributed by atoms with van der Waals surface area (Å²) in [5.41, 5.74) is 0.527. The highest BCUT2D eigenvalue weighted by atomic mass is 16.6. The second kappa shape index (κ2) is 19.3. The van der Waals surface area contributed by atoms with E-state index in [1.54, 1.807) is 39.8 Å². The highest BCUT2D eigenvalue weighted by molar-refractivity contribution is 5.92. The summed E-state index contributed by atoms with van der Waals surface area (Å²) < 4.78 is 10.5. The number of carbonyl (C=O) groups is 4. The summed E-state index contributed by atoms with van der Waals surface area (Å²) in [4.78, 5) is 54.8. The number of ether oxygens (including phenoxy) is 2. The van der Waals surface area contributed by atoms with E-state index in [0.717, 1.165) is 37.7 Å². The van der Waals surface area contributed by atoms with E-state index in [0.29, 0.717) is 12.0 Å². The molecule has 10 nitrogen and oxygen atoms in total. The molecular weight excluding hydrogens is 574 g/mol. The summed E-state index contributed by atoms with van der Waals surface area (Å²) in [5.74, 6) is -1.36. The van der Waals surface area contributed by atoms with Crippen molar-refractivity contribution in [2.75, 3.05) is 19.7 Å². The first-order valence-corrected chi connectivity index (χ1v) is 16.0. The smallest absolute Gasteiger partial charge is 0.408 e. The largest absolute Gasteiger partial charge is 0.508 e. The summed E-state index contributed by atoms with van der Waals surface area (Å²) >= 11 is 0. The van der Waals surface area contributed by atoms with Gasteiger partial charge in [-0.15, -0.1) is 0 Å². The van der Waals surface area contributed by atoms with Crippen molar-refractivity contribution in [1.82, 2.24) is 15.5 Å². The zero-order valence-electron chi connectivity index (χ0n) is 27.5. The summed E-state index contributed by atoms with van der Waals surface area (Å²) in [5, 5.41) is 15.5. The van der Waals surface area contributed by atoms with E-state index in [1.807, 2.05) is 30.3 Å². The summed E-state index contributed by atoms with van der Waals surface area (Å²) in [6.45, 7) is 9.59. The third kappa shape index (κ3) is 14.0. The van der Waals surface area contributed by atoms with Gasteiger partial charge in [0.1, 0.15) is 23.4 Å². The number of nitrogens with zero attached hydrogens (tertiary/aromatic N) is 1. The van der Waals surface area contributed by atoms with Crippen molar-refractivity contribution >= 4 is 23.9 Å². The number of phenols is 1.